The van der Waals surface area contributed by atoms with Crippen LogP contribution in [0.1, 0.15) is 29.5 Å². The highest BCUT2D eigenvalue weighted by atomic mass is 16.3. The minimum Gasteiger partial charge on any atom is -0.460 e. The number of fused-ring (bicyclic) bond motifs is 1. The normalized spacial score (nSPS) is 19.1. The average molecular weight is 226 g/mol. The molecule has 1 unspecified atom stereocenters. The minimum absolute atomic E-state index is 0.213. The van der Waals surface area contributed by atoms with Crippen molar-refractivity contribution >= 4 is 5.78 Å². The van der Waals surface area contributed by atoms with Gasteiger partial charge in [-0.2, -0.15) is 0 Å². The molecule has 0 bridgehead atoms. The molecule has 0 aliphatic heterocycles. The zero-order valence-corrected chi connectivity index (χ0v) is 9.77. The maximum absolute atomic E-state index is 11.9. The molecule has 17 heavy (non-hydrogen) atoms. The number of ketones is 1. The van der Waals surface area contributed by atoms with Crippen molar-refractivity contribution in [2.24, 2.45) is 5.92 Å². The zero-order chi connectivity index (χ0) is 11.8. The summed E-state index contributed by atoms with van der Waals surface area (Å²) in [7, 11) is 0. The van der Waals surface area contributed by atoms with Crippen LogP contribution in [0.2, 0.25) is 0 Å². The molecule has 2 aromatic rings. The summed E-state index contributed by atoms with van der Waals surface area (Å²) in [5.74, 6) is 2.26. The second-order valence-corrected chi connectivity index (χ2v) is 4.75. The number of carbonyl (C=O) groups is 1. The van der Waals surface area contributed by atoms with Crippen molar-refractivity contribution in [1.29, 1.82) is 0 Å². The highest BCUT2D eigenvalue weighted by Gasteiger charge is 2.26. The van der Waals surface area contributed by atoms with Crippen molar-refractivity contribution in [2.45, 2.75) is 19.8 Å². The van der Waals surface area contributed by atoms with E-state index in [1.165, 1.54) is 0 Å². The molecular weight excluding hydrogens is 212 g/mol. The van der Waals surface area contributed by atoms with E-state index in [2.05, 4.69) is 6.92 Å². The van der Waals surface area contributed by atoms with Gasteiger partial charge >= 0.3 is 0 Å². The summed E-state index contributed by atoms with van der Waals surface area (Å²) in [6, 6.07) is 11.8. The van der Waals surface area contributed by atoms with Crippen molar-refractivity contribution < 1.29 is 9.21 Å². The quantitative estimate of drug-likeness (QED) is 0.742. The van der Waals surface area contributed by atoms with Gasteiger partial charge in [0.1, 0.15) is 11.5 Å². The molecule has 0 radical (unpaired) electrons. The molecule has 0 amide bonds. The summed E-state index contributed by atoms with van der Waals surface area (Å²) >= 11 is 0. The summed E-state index contributed by atoms with van der Waals surface area (Å²) in [4.78, 5) is 11.9. The van der Waals surface area contributed by atoms with Crippen LogP contribution in [-0.2, 0) is 6.42 Å². The standard InChI is InChI=1S/C15H14O2/c1-10-7-13(16)12-9-14(17-15(12)8-10)11-5-3-2-4-6-11/h2-6,9-10H,7-8H2,1H3. The molecule has 3 rings (SSSR count). The van der Waals surface area contributed by atoms with Crippen LogP contribution in [0.4, 0.5) is 0 Å². The third-order valence-electron chi connectivity index (χ3n) is 3.24. The molecular formula is C15H14O2. The van der Waals surface area contributed by atoms with Crippen LogP contribution in [0.15, 0.2) is 40.8 Å². The molecule has 1 aromatic carbocycles. The van der Waals surface area contributed by atoms with Crippen LogP contribution in [-0.4, -0.2) is 5.78 Å². The van der Waals surface area contributed by atoms with E-state index in [1.807, 2.05) is 36.4 Å². The lowest BCUT2D eigenvalue weighted by atomic mass is 9.89. The summed E-state index contributed by atoms with van der Waals surface area (Å²) in [6.07, 6.45) is 1.51. The van der Waals surface area contributed by atoms with E-state index in [0.29, 0.717) is 12.3 Å². The third kappa shape index (κ3) is 1.80. The summed E-state index contributed by atoms with van der Waals surface area (Å²) < 4.78 is 5.81. The van der Waals surface area contributed by atoms with Crippen LogP contribution < -0.4 is 0 Å². The maximum Gasteiger partial charge on any atom is 0.166 e. The van der Waals surface area contributed by atoms with Crippen molar-refractivity contribution in [3.05, 3.63) is 47.7 Å². The summed E-state index contributed by atoms with van der Waals surface area (Å²) in [5.41, 5.74) is 1.81. The van der Waals surface area contributed by atoms with Gasteiger partial charge in [0, 0.05) is 18.4 Å². The van der Waals surface area contributed by atoms with Crippen LogP contribution >= 0.6 is 0 Å². The van der Waals surface area contributed by atoms with Gasteiger partial charge in [-0.1, -0.05) is 37.3 Å². The summed E-state index contributed by atoms with van der Waals surface area (Å²) in [6.45, 7) is 2.09. The van der Waals surface area contributed by atoms with Gasteiger partial charge in [-0.05, 0) is 12.0 Å². The van der Waals surface area contributed by atoms with Crippen molar-refractivity contribution in [2.75, 3.05) is 0 Å². The van der Waals surface area contributed by atoms with Crippen LogP contribution in [0, 0.1) is 5.92 Å². The Bertz CT molecular complexity index is 552. The van der Waals surface area contributed by atoms with Gasteiger partial charge in [0.25, 0.3) is 0 Å². The van der Waals surface area contributed by atoms with E-state index in [0.717, 1.165) is 29.1 Å². The molecule has 0 fully saturated rings. The van der Waals surface area contributed by atoms with E-state index in [9.17, 15) is 4.79 Å². The van der Waals surface area contributed by atoms with Crippen molar-refractivity contribution in [1.82, 2.24) is 0 Å². The maximum atomic E-state index is 11.9. The number of furan rings is 1. The van der Waals surface area contributed by atoms with Gasteiger partial charge in [0.15, 0.2) is 5.78 Å². The smallest absolute Gasteiger partial charge is 0.166 e. The van der Waals surface area contributed by atoms with Gasteiger partial charge in [0.2, 0.25) is 0 Å². The Balaban J connectivity index is 2.06. The number of rotatable bonds is 1. The molecule has 1 aliphatic rings. The molecule has 1 aromatic heterocycles. The first-order chi connectivity index (χ1) is 8.24. The molecule has 0 spiro atoms. The Labute approximate surface area is 100 Å². The first-order valence-corrected chi connectivity index (χ1v) is 5.95. The van der Waals surface area contributed by atoms with Crippen LogP contribution in [0.3, 0.4) is 0 Å². The van der Waals surface area contributed by atoms with Crippen LogP contribution in [0.5, 0.6) is 0 Å². The fraction of sp³-hybridized carbons (Fsp3) is 0.267. The highest BCUT2D eigenvalue weighted by Crippen LogP contribution is 2.32. The first-order valence-electron chi connectivity index (χ1n) is 5.95. The second kappa shape index (κ2) is 3.88. The molecule has 0 N–H and O–H groups in total. The monoisotopic (exact) mass is 226 g/mol. The van der Waals surface area contributed by atoms with Gasteiger partial charge in [0.05, 0.1) is 5.56 Å². The molecule has 1 atom stereocenters. The highest BCUT2D eigenvalue weighted by molar-refractivity contribution is 5.99. The Morgan fingerprint density at radius 2 is 1.94 bits per heavy atom. The molecule has 86 valence electrons. The van der Waals surface area contributed by atoms with Gasteiger partial charge in [-0.25, -0.2) is 0 Å². The minimum atomic E-state index is 0.213. The van der Waals surface area contributed by atoms with Crippen molar-refractivity contribution in [3.63, 3.8) is 0 Å². The number of hydrogen-bond acceptors (Lipinski definition) is 2. The lowest BCUT2D eigenvalue weighted by Crippen LogP contribution is -2.15. The third-order valence-corrected chi connectivity index (χ3v) is 3.24. The van der Waals surface area contributed by atoms with Gasteiger partial charge < -0.3 is 4.42 Å². The van der Waals surface area contributed by atoms with Gasteiger partial charge in [-0.3, -0.25) is 4.79 Å². The van der Waals surface area contributed by atoms with E-state index in [-0.39, 0.29) is 5.78 Å². The molecule has 1 aliphatic carbocycles. The SMILES string of the molecule is CC1CC(=O)c2cc(-c3ccccc3)oc2C1. The van der Waals surface area contributed by atoms with Gasteiger partial charge in [-0.15, -0.1) is 0 Å². The lowest BCUT2D eigenvalue weighted by molar-refractivity contribution is 0.0949. The molecule has 2 nitrogen and oxygen atoms in total. The number of benzene rings is 1. The van der Waals surface area contributed by atoms with E-state index in [4.69, 9.17) is 4.42 Å². The van der Waals surface area contributed by atoms with E-state index in [1.54, 1.807) is 0 Å². The van der Waals surface area contributed by atoms with Crippen LogP contribution in [0.25, 0.3) is 11.3 Å². The Kier molecular flexibility index (Phi) is 2.36. The summed E-state index contributed by atoms with van der Waals surface area (Å²) in [5, 5.41) is 0. The largest absolute Gasteiger partial charge is 0.460 e. The predicted molar refractivity (Wildman–Crippen MR) is 66.0 cm³/mol. The second-order valence-electron chi connectivity index (χ2n) is 4.75. The fourth-order valence-corrected chi connectivity index (χ4v) is 2.38. The number of Topliss-reactive ketones (excluding diaryl/α,β-unsaturated/α-hetero) is 1. The lowest BCUT2D eigenvalue weighted by Gasteiger charge is -2.14. The average Bonchev–Trinajstić information content (AvgIpc) is 2.74. The molecule has 2 heteroatoms. The number of hydrogen-bond donors (Lipinski definition) is 0. The predicted octanol–water partition coefficient (Wildman–Crippen LogP) is 3.71. The Morgan fingerprint density at radius 1 is 1.18 bits per heavy atom. The Hall–Kier alpha value is -1.83. The zero-order valence-electron chi connectivity index (χ0n) is 9.77. The molecule has 0 saturated heterocycles. The molecule has 1 heterocycles. The fourth-order valence-electron chi connectivity index (χ4n) is 2.38. The van der Waals surface area contributed by atoms with Crippen molar-refractivity contribution in [3.8, 4) is 11.3 Å². The first kappa shape index (κ1) is 10.3. The number of carbonyl (C=O) groups excluding carboxylic acids is 1. The van der Waals surface area contributed by atoms with E-state index >= 15 is 0 Å². The topological polar surface area (TPSA) is 30.2 Å². The Morgan fingerprint density at radius 3 is 2.71 bits per heavy atom. The van der Waals surface area contributed by atoms with E-state index < -0.39 is 0 Å². The molecule has 0 saturated carbocycles.